The van der Waals surface area contributed by atoms with E-state index in [4.69, 9.17) is 11.6 Å². The number of rotatable bonds is 2. The van der Waals surface area contributed by atoms with Crippen molar-refractivity contribution in [2.24, 2.45) is 0 Å². The number of aromatic nitrogens is 2. The van der Waals surface area contributed by atoms with Crippen LogP contribution in [0.1, 0.15) is 5.56 Å². The lowest BCUT2D eigenvalue weighted by molar-refractivity contribution is 0.627. The molecule has 0 aliphatic rings. The third-order valence-corrected chi connectivity index (χ3v) is 3.05. The zero-order valence-corrected chi connectivity index (χ0v) is 11.4. The van der Waals surface area contributed by atoms with E-state index in [1.165, 1.54) is 12.1 Å². The molecule has 1 N–H and O–H groups in total. The van der Waals surface area contributed by atoms with Crippen LogP contribution >= 0.6 is 11.6 Å². The fourth-order valence-electron chi connectivity index (χ4n) is 2.09. The molecular formula is C15H11ClFN3. The van der Waals surface area contributed by atoms with Crippen LogP contribution < -0.4 is 5.32 Å². The first kappa shape index (κ1) is 12.8. The molecule has 0 saturated carbocycles. The standard InChI is InChI=1S/C15H11ClFN3/c1-9-6-10(17)8-11(7-9)18-14-12-4-2-3-5-13(12)19-15(16)20-14/h2-8H,1H3,(H,18,19,20). The maximum absolute atomic E-state index is 13.4. The van der Waals surface area contributed by atoms with Crippen LogP contribution in [-0.4, -0.2) is 9.97 Å². The number of nitrogens with zero attached hydrogens (tertiary/aromatic N) is 2. The Morgan fingerprint density at radius 3 is 2.70 bits per heavy atom. The summed E-state index contributed by atoms with van der Waals surface area (Å²) in [6.45, 7) is 1.83. The Morgan fingerprint density at radius 2 is 1.90 bits per heavy atom. The number of para-hydroxylation sites is 1. The minimum Gasteiger partial charge on any atom is -0.339 e. The zero-order chi connectivity index (χ0) is 14.1. The van der Waals surface area contributed by atoms with Crippen LogP contribution in [0.4, 0.5) is 15.9 Å². The number of hydrogen-bond acceptors (Lipinski definition) is 3. The van der Waals surface area contributed by atoms with Crippen LogP contribution in [-0.2, 0) is 0 Å². The number of fused-ring (bicyclic) bond motifs is 1. The quantitative estimate of drug-likeness (QED) is 0.707. The van der Waals surface area contributed by atoms with E-state index in [1.807, 2.05) is 37.3 Å². The third kappa shape index (κ3) is 2.56. The van der Waals surface area contributed by atoms with Gasteiger partial charge in [-0.2, -0.15) is 4.98 Å². The van der Waals surface area contributed by atoms with Gasteiger partial charge in [-0.15, -0.1) is 0 Å². The maximum Gasteiger partial charge on any atom is 0.224 e. The molecule has 0 unspecified atom stereocenters. The number of benzene rings is 2. The molecule has 0 atom stereocenters. The van der Waals surface area contributed by atoms with Crippen molar-refractivity contribution in [3.63, 3.8) is 0 Å². The Morgan fingerprint density at radius 1 is 1.10 bits per heavy atom. The van der Waals surface area contributed by atoms with Crippen molar-refractivity contribution in [3.05, 3.63) is 59.1 Å². The Balaban J connectivity index is 2.10. The number of halogens is 2. The van der Waals surface area contributed by atoms with Gasteiger partial charge >= 0.3 is 0 Å². The Hall–Kier alpha value is -2.20. The molecule has 3 rings (SSSR count). The van der Waals surface area contributed by atoms with E-state index in [1.54, 1.807) is 0 Å². The number of hydrogen-bond donors (Lipinski definition) is 1. The molecule has 2 aromatic carbocycles. The van der Waals surface area contributed by atoms with E-state index >= 15 is 0 Å². The Bertz CT molecular complexity index is 769. The van der Waals surface area contributed by atoms with E-state index < -0.39 is 0 Å². The monoisotopic (exact) mass is 287 g/mol. The fraction of sp³-hybridized carbons (Fsp3) is 0.0667. The fourth-order valence-corrected chi connectivity index (χ4v) is 2.26. The van der Waals surface area contributed by atoms with Crippen LogP contribution in [0.25, 0.3) is 10.9 Å². The Kier molecular flexibility index (Phi) is 3.24. The molecule has 100 valence electrons. The van der Waals surface area contributed by atoms with Gasteiger partial charge < -0.3 is 5.32 Å². The lowest BCUT2D eigenvalue weighted by atomic mass is 10.2. The summed E-state index contributed by atoms with van der Waals surface area (Å²) in [5.74, 6) is 0.266. The van der Waals surface area contributed by atoms with Crippen molar-refractivity contribution >= 4 is 34.0 Å². The molecular weight excluding hydrogens is 277 g/mol. The predicted octanol–water partition coefficient (Wildman–Crippen LogP) is 4.47. The van der Waals surface area contributed by atoms with Gasteiger partial charge in [0.15, 0.2) is 0 Å². The summed E-state index contributed by atoms with van der Waals surface area (Å²) >= 11 is 5.92. The molecule has 0 radical (unpaired) electrons. The molecule has 0 aliphatic heterocycles. The largest absolute Gasteiger partial charge is 0.339 e. The van der Waals surface area contributed by atoms with Gasteiger partial charge in [-0.1, -0.05) is 12.1 Å². The molecule has 1 heterocycles. The molecule has 0 spiro atoms. The molecule has 0 saturated heterocycles. The summed E-state index contributed by atoms with van der Waals surface area (Å²) in [6, 6.07) is 12.2. The van der Waals surface area contributed by atoms with E-state index in [0.29, 0.717) is 11.5 Å². The van der Waals surface area contributed by atoms with Crippen LogP contribution in [0.5, 0.6) is 0 Å². The van der Waals surface area contributed by atoms with Crippen molar-refractivity contribution in [3.8, 4) is 0 Å². The smallest absolute Gasteiger partial charge is 0.224 e. The minimum atomic E-state index is -0.294. The summed E-state index contributed by atoms with van der Waals surface area (Å²) in [7, 11) is 0. The van der Waals surface area contributed by atoms with Gasteiger partial charge in [0, 0.05) is 11.1 Å². The van der Waals surface area contributed by atoms with Gasteiger partial charge in [-0.05, 0) is 54.4 Å². The molecule has 0 fully saturated rings. The summed E-state index contributed by atoms with van der Waals surface area (Å²) in [5, 5.41) is 4.08. The van der Waals surface area contributed by atoms with Crippen LogP contribution in [0.2, 0.25) is 5.28 Å². The van der Waals surface area contributed by atoms with Gasteiger partial charge in [0.2, 0.25) is 5.28 Å². The van der Waals surface area contributed by atoms with Crippen molar-refractivity contribution in [2.75, 3.05) is 5.32 Å². The lowest BCUT2D eigenvalue weighted by Gasteiger charge is -2.09. The van der Waals surface area contributed by atoms with E-state index in [-0.39, 0.29) is 11.1 Å². The molecule has 5 heteroatoms. The van der Waals surface area contributed by atoms with E-state index in [0.717, 1.165) is 16.5 Å². The predicted molar refractivity (Wildman–Crippen MR) is 79.0 cm³/mol. The Labute approximate surface area is 120 Å². The first-order valence-corrected chi connectivity index (χ1v) is 6.46. The highest BCUT2D eigenvalue weighted by Crippen LogP contribution is 2.25. The van der Waals surface area contributed by atoms with Crippen molar-refractivity contribution in [1.82, 2.24) is 9.97 Å². The first-order chi connectivity index (χ1) is 9.61. The number of nitrogens with one attached hydrogen (secondary N) is 1. The van der Waals surface area contributed by atoms with Crippen LogP contribution in [0.15, 0.2) is 42.5 Å². The van der Waals surface area contributed by atoms with Crippen molar-refractivity contribution in [2.45, 2.75) is 6.92 Å². The summed E-state index contributed by atoms with van der Waals surface area (Å²) in [6.07, 6.45) is 0. The van der Waals surface area contributed by atoms with Gasteiger partial charge in [-0.25, -0.2) is 9.37 Å². The van der Waals surface area contributed by atoms with Crippen molar-refractivity contribution < 1.29 is 4.39 Å². The minimum absolute atomic E-state index is 0.152. The summed E-state index contributed by atoms with van der Waals surface area (Å²) < 4.78 is 13.4. The SMILES string of the molecule is Cc1cc(F)cc(Nc2nc(Cl)nc3ccccc23)c1. The third-order valence-electron chi connectivity index (χ3n) is 2.88. The highest BCUT2D eigenvalue weighted by Gasteiger charge is 2.07. The average molecular weight is 288 g/mol. The summed E-state index contributed by atoms with van der Waals surface area (Å²) in [4.78, 5) is 8.33. The van der Waals surface area contributed by atoms with Gasteiger partial charge in [0.25, 0.3) is 0 Å². The van der Waals surface area contributed by atoms with Gasteiger partial charge in [0.05, 0.1) is 5.52 Å². The number of anilines is 2. The lowest BCUT2D eigenvalue weighted by Crippen LogP contribution is -1.98. The molecule has 1 aromatic heterocycles. The van der Waals surface area contributed by atoms with Crippen LogP contribution in [0, 0.1) is 12.7 Å². The van der Waals surface area contributed by atoms with Crippen LogP contribution in [0.3, 0.4) is 0 Å². The number of aryl methyl sites for hydroxylation is 1. The highest BCUT2D eigenvalue weighted by molar-refractivity contribution is 6.28. The molecule has 0 amide bonds. The van der Waals surface area contributed by atoms with Gasteiger partial charge in [0.1, 0.15) is 11.6 Å². The maximum atomic E-state index is 13.4. The zero-order valence-electron chi connectivity index (χ0n) is 10.7. The molecule has 0 aliphatic carbocycles. The molecule has 3 aromatic rings. The molecule has 3 nitrogen and oxygen atoms in total. The average Bonchev–Trinajstić information content (AvgIpc) is 2.37. The van der Waals surface area contributed by atoms with E-state index in [2.05, 4.69) is 15.3 Å². The second-order valence-corrected chi connectivity index (χ2v) is 4.84. The first-order valence-electron chi connectivity index (χ1n) is 6.08. The van der Waals surface area contributed by atoms with Gasteiger partial charge in [-0.3, -0.25) is 0 Å². The van der Waals surface area contributed by atoms with E-state index in [9.17, 15) is 4.39 Å². The second-order valence-electron chi connectivity index (χ2n) is 4.50. The highest BCUT2D eigenvalue weighted by atomic mass is 35.5. The van der Waals surface area contributed by atoms with Crippen molar-refractivity contribution in [1.29, 1.82) is 0 Å². The molecule has 20 heavy (non-hydrogen) atoms. The topological polar surface area (TPSA) is 37.8 Å². The second kappa shape index (κ2) is 5.06. The summed E-state index contributed by atoms with van der Waals surface area (Å²) in [5.41, 5.74) is 2.20. The molecule has 0 bridgehead atoms. The normalized spacial score (nSPS) is 10.8.